The Hall–Kier alpha value is -2.37. The molecule has 1 aliphatic rings. The van der Waals surface area contributed by atoms with Gasteiger partial charge < -0.3 is 14.4 Å². The third-order valence-corrected chi connectivity index (χ3v) is 4.89. The summed E-state index contributed by atoms with van der Waals surface area (Å²) in [6.07, 6.45) is 0.837. The highest BCUT2D eigenvalue weighted by atomic mass is 16.5. The van der Waals surface area contributed by atoms with Crippen LogP contribution in [0.3, 0.4) is 0 Å². The predicted octanol–water partition coefficient (Wildman–Crippen LogP) is 2.60. The number of hydrogen-bond donors (Lipinski definition) is 0. The van der Waals surface area contributed by atoms with Crippen LogP contribution in [0.25, 0.3) is 0 Å². The molecule has 27 heavy (non-hydrogen) atoms. The fourth-order valence-electron chi connectivity index (χ4n) is 3.23. The first-order chi connectivity index (χ1) is 13.2. The topological polar surface area (TPSA) is 42.0 Å². The molecule has 1 amide bonds. The fraction of sp³-hybridized carbons (Fsp3) is 0.409. The number of methoxy groups -OCH3 is 1. The van der Waals surface area contributed by atoms with Crippen molar-refractivity contribution in [3.8, 4) is 5.75 Å². The Morgan fingerprint density at radius 1 is 0.926 bits per heavy atom. The normalized spacial score (nSPS) is 14.9. The van der Waals surface area contributed by atoms with Crippen LogP contribution in [0.5, 0.6) is 5.75 Å². The van der Waals surface area contributed by atoms with Gasteiger partial charge in [0.2, 0.25) is 5.91 Å². The van der Waals surface area contributed by atoms with Gasteiger partial charge in [-0.05, 0) is 29.7 Å². The first-order valence-corrected chi connectivity index (χ1v) is 9.49. The molecular weight excluding hydrogens is 340 g/mol. The van der Waals surface area contributed by atoms with E-state index < -0.39 is 0 Å². The van der Waals surface area contributed by atoms with Gasteiger partial charge in [-0.2, -0.15) is 0 Å². The van der Waals surface area contributed by atoms with Gasteiger partial charge >= 0.3 is 0 Å². The largest absolute Gasteiger partial charge is 0.497 e. The highest BCUT2D eigenvalue weighted by molar-refractivity contribution is 5.77. The molecule has 1 fully saturated rings. The zero-order chi connectivity index (χ0) is 18.9. The van der Waals surface area contributed by atoms with E-state index in [9.17, 15) is 4.79 Å². The zero-order valence-corrected chi connectivity index (χ0v) is 16.0. The van der Waals surface area contributed by atoms with Gasteiger partial charge in [-0.15, -0.1) is 0 Å². The van der Waals surface area contributed by atoms with E-state index in [4.69, 9.17) is 9.47 Å². The molecule has 1 aliphatic heterocycles. The second-order valence-corrected chi connectivity index (χ2v) is 6.79. The summed E-state index contributed by atoms with van der Waals surface area (Å²) < 4.78 is 10.8. The van der Waals surface area contributed by atoms with Crippen molar-refractivity contribution >= 4 is 5.91 Å². The van der Waals surface area contributed by atoms with Gasteiger partial charge in [-0.3, -0.25) is 9.69 Å². The number of hydrogen-bond acceptors (Lipinski definition) is 4. The average Bonchev–Trinajstić information content (AvgIpc) is 2.73. The number of benzene rings is 2. The van der Waals surface area contributed by atoms with Gasteiger partial charge in [-0.1, -0.05) is 42.5 Å². The van der Waals surface area contributed by atoms with E-state index in [0.29, 0.717) is 6.61 Å². The van der Waals surface area contributed by atoms with Crippen molar-refractivity contribution in [3.05, 3.63) is 65.7 Å². The maximum atomic E-state index is 12.3. The van der Waals surface area contributed by atoms with E-state index in [1.165, 1.54) is 11.1 Å². The summed E-state index contributed by atoms with van der Waals surface area (Å²) in [7, 11) is 1.68. The molecule has 1 heterocycles. The minimum absolute atomic E-state index is 0.0900. The molecule has 0 N–H and O–H groups in total. The summed E-state index contributed by atoms with van der Waals surface area (Å²) in [5, 5.41) is 0. The molecule has 1 saturated heterocycles. The quantitative estimate of drug-likeness (QED) is 0.672. The summed E-state index contributed by atoms with van der Waals surface area (Å²) >= 11 is 0. The van der Waals surface area contributed by atoms with Crippen LogP contribution in [-0.2, 0) is 22.5 Å². The van der Waals surface area contributed by atoms with Gasteiger partial charge in [0.05, 0.1) is 13.7 Å². The number of amides is 1. The van der Waals surface area contributed by atoms with Crippen LogP contribution < -0.4 is 4.74 Å². The lowest BCUT2D eigenvalue weighted by molar-refractivity contribution is -0.137. The van der Waals surface area contributed by atoms with Crippen molar-refractivity contribution in [2.24, 2.45) is 0 Å². The van der Waals surface area contributed by atoms with Crippen LogP contribution >= 0.6 is 0 Å². The number of carbonyl (C=O) groups excluding carboxylic acids is 1. The van der Waals surface area contributed by atoms with Crippen molar-refractivity contribution < 1.29 is 14.3 Å². The SMILES string of the molecule is COc1ccc(CN2CCN(C(=O)COCCc3ccccc3)CC2)cc1. The first-order valence-electron chi connectivity index (χ1n) is 9.49. The molecule has 0 saturated carbocycles. The summed E-state index contributed by atoms with van der Waals surface area (Å²) in [5.41, 5.74) is 2.50. The van der Waals surface area contributed by atoms with Gasteiger partial charge in [-0.25, -0.2) is 0 Å². The molecule has 0 atom stereocenters. The Morgan fingerprint density at radius 2 is 1.63 bits per heavy atom. The molecule has 5 nitrogen and oxygen atoms in total. The molecule has 144 valence electrons. The maximum Gasteiger partial charge on any atom is 0.248 e. The second-order valence-electron chi connectivity index (χ2n) is 6.79. The summed E-state index contributed by atoms with van der Waals surface area (Å²) in [6.45, 7) is 4.95. The van der Waals surface area contributed by atoms with E-state index in [-0.39, 0.29) is 12.5 Å². The Kier molecular flexibility index (Phi) is 7.25. The van der Waals surface area contributed by atoms with E-state index in [2.05, 4.69) is 29.2 Å². The van der Waals surface area contributed by atoms with E-state index in [1.807, 2.05) is 35.2 Å². The lowest BCUT2D eigenvalue weighted by Gasteiger charge is -2.34. The molecule has 0 unspecified atom stereocenters. The van der Waals surface area contributed by atoms with Crippen LogP contribution in [0, 0.1) is 0 Å². The minimum atomic E-state index is 0.0900. The fourth-order valence-corrected chi connectivity index (χ4v) is 3.23. The molecule has 5 heteroatoms. The molecule has 0 spiro atoms. The van der Waals surface area contributed by atoms with Crippen LogP contribution in [0.15, 0.2) is 54.6 Å². The maximum absolute atomic E-state index is 12.3. The summed E-state index contributed by atoms with van der Waals surface area (Å²) in [6, 6.07) is 18.4. The number of rotatable bonds is 8. The summed E-state index contributed by atoms with van der Waals surface area (Å²) in [5.74, 6) is 0.966. The van der Waals surface area contributed by atoms with Gasteiger partial charge in [0.15, 0.2) is 0 Å². The zero-order valence-electron chi connectivity index (χ0n) is 16.0. The molecule has 0 aliphatic carbocycles. The van der Waals surface area contributed by atoms with Crippen molar-refractivity contribution in [2.75, 3.05) is 46.5 Å². The number of ether oxygens (including phenoxy) is 2. The lowest BCUT2D eigenvalue weighted by atomic mass is 10.2. The first kappa shape index (κ1) is 19.4. The molecule has 2 aromatic carbocycles. The van der Waals surface area contributed by atoms with Crippen molar-refractivity contribution in [3.63, 3.8) is 0 Å². The van der Waals surface area contributed by atoms with E-state index in [1.54, 1.807) is 7.11 Å². The summed E-state index contributed by atoms with van der Waals surface area (Å²) in [4.78, 5) is 16.6. The molecular formula is C22H28N2O3. The van der Waals surface area contributed by atoms with Crippen LogP contribution in [-0.4, -0.2) is 62.2 Å². The van der Waals surface area contributed by atoms with Gasteiger partial charge in [0.1, 0.15) is 12.4 Å². The number of nitrogens with zero attached hydrogens (tertiary/aromatic N) is 2. The Balaban J connectivity index is 1.33. The third kappa shape index (κ3) is 6.08. The van der Waals surface area contributed by atoms with Gasteiger partial charge in [0.25, 0.3) is 0 Å². The average molecular weight is 368 g/mol. The minimum Gasteiger partial charge on any atom is -0.497 e. The Bertz CT molecular complexity index is 695. The highest BCUT2D eigenvalue weighted by Gasteiger charge is 2.21. The van der Waals surface area contributed by atoms with Crippen molar-refractivity contribution in [2.45, 2.75) is 13.0 Å². The second kappa shape index (κ2) is 10.1. The van der Waals surface area contributed by atoms with Crippen molar-refractivity contribution in [1.82, 2.24) is 9.80 Å². The molecule has 0 radical (unpaired) electrons. The molecule has 3 rings (SSSR count). The number of carbonyl (C=O) groups is 1. The van der Waals surface area contributed by atoms with E-state index in [0.717, 1.165) is 44.9 Å². The van der Waals surface area contributed by atoms with Crippen molar-refractivity contribution in [1.29, 1.82) is 0 Å². The Morgan fingerprint density at radius 3 is 2.30 bits per heavy atom. The van der Waals surface area contributed by atoms with Crippen LogP contribution in [0.2, 0.25) is 0 Å². The Labute approximate surface area is 161 Å². The number of piperazine rings is 1. The highest BCUT2D eigenvalue weighted by Crippen LogP contribution is 2.14. The van der Waals surface area contributed by atoms with Gasteiger partial charge in [0, 0.05) is 32.7 Å². The third-order valence-electron chi connectivity index (χ3n) is 4.89. The predicted molar refractivity (Wildman–Crippen MR) is 106 cm³/mol. The van der Waals surface area contributed by atoms with Crippen LogP contribution in [0.4, 0.5) is 0 Å². The monoisotopic (exact) mass is 368 g/mol. The van der Waals surface area contributed by atoms with Crippen LogP contribution in [0.1, 0.15) is 11.1 Å². The lowest BCUT2D eigenvalue weighted by Crippen LogP contribution is -2.49. The molecule has 0 aromatic heterocycles. The molecule has 2 aromatic rings. The smallest absolute Gasteiger partial charge is 0.248 e. The van der Waals surface area contributed by atoms with E-state index >= 15 is 0 Å². The standard InChI is InChI=1S/C22H28N2O3/c1-26-21-9-7-20(8-10-21)17-23-12-14-24(15-13-23)22(25)18-27-16-11-19-5-3-2-4-6-19/h2-10H,11-18H2,1H3. The molecule has 0 bridgehead atoms.